The Bertz CT molecular complexity index is 2020. The average Bonchev–Trinajstić information content (AvgIpc) is 3.02. The lowest BCUT2D eigenvalue weighted by Gasteiger charge is -2.16. The maximum Gasteiger partial charge on any atom is 0.335 e. The molecular weight excluding hydrogens is 591 g/mol. The molecular formula is C33H33FN8O4. The summed E-state index contributed by atoms with van der Waals surface area (Å²) in [5.74, 6) is -1.52. The van der Waals surface area contributed by atoms with E-state index in [1.165, 1.54) is 22.9 Å². The number of fused-ring (bicyclic) bond motifs is 1. The largest absolute Gasteiger partial charge is 0.355 e. The van der Waals surface area contributed by atoms with Crippen LogP contribution >= 0.6 is 0 Å². The minimum atomic E-state index is -0.825. The minimum Gasteiger partial charge on any atom is -0.355 e. The number of pyridine rings is 2. The SMILES string of the molecule is CC(C)n1cc(C(=O)Nc2ccc(Nc3ccnc4cnc(C(=O)NCCN(C)C)cc34)cc2)c(=O)n(-c2ccc(F)cc2)c1=O. The van der Waals surface area contributed by atoms with Crippen molar-refractivity contribution in [3.63, 3.8) is 0 Å². The van der Waals surface area contributed by atoms with Crippen molar-refractivity contribution in [2.24, 2.45) is 0 Å². The Labute approximate surface area is 263 Å². The van der Waals surface area contributed by atoms with Crippen molar-refractivity contribution in [3.05, 3.63) is 117 Å². The van der Waals surface area contributed by atoms with Crippen LogP contribution in [-0.4, -0.2) is 63.0 Å². The van der Waals surface area contributed by atoms with Gasteiger partial charge in [0.25, 0.3) is 17.4 Å². The molecule has 3 aromatic heterocycles. The van der Waals surface area contributed by atoms with Crippen LogP contribution in [0.1, 0.15) is 40.7 Å². The fraction of sp³-hybridized carbons (Fsp3) is 0.212. The molecule has 0 saturated carbocycles. The van der Waals surface area contributed by atoms with Gasteiger partial charge in [-0.05, 0) is 88.6 Å². The van der Waals surface area contributed by atoms with E-state index in [1.54, 1.807) is 62.6 Å². The molecule has 0 atom stereocenters. The molecule has 0 aliphatic heterocycles. The van der Waals surface area contributed by atoms with Crippen molar-refractivity contribution >= 4 is 39.8 Å². The minimum absolute atomic E-state index is 0.146. The molecule has 0 spiro atoms. The summed E-state index contributed by atoms with van der Waals surface area (Å²) in [6.45, 7) is 4.68. The first kappa shape index (κ1) is 31.7. The van der Waals surface area contributed by atoms with Gasteiger partial charge in [0.1, 0.15) is 17.1 Å². The number of hydrogen-bond acceptors (Lipinski definition) is 8. The zero-order valence-electron chi connectivity index (χ0n) is 25.7. The Morgan fingerprint density at radius 2 is 1.63 bits per heavy atom. The van der Waals surface area contributed by atoms with Crippen molar-refractivity contribution in [1.82, 2.24) is 29.3 Å². The molecule has 0 radical (unpaired) electrons. The lowest BCUT2D eigenvalue weighted by Crippen LogP contribution is -2.42. The van der Waals surface area contributed by atoms with E-state index in [-0.39, 0.29) is 28.9 Å². The number of nitrogens with zero attached hydrogens (tertiary/aromatic N) is 5. The summed E-state index contributed by atoms with van der Waals surface area (Å²) in [5, 5.41) is 9.58. The lowest BCUT2D eigenvalue weighted by molar-refractivity contribution is 0.0945. The summed E-state index contributed by atoms with van der Waals surface area (Å²) in [6, 6.07) is 14.8. The summed E-state index contributed by atoms with van der Waals surface area (Å²) in [4.78, 5) is 63.0. The van der Waals surface area contributed by atoms with Gasteiger partial charge >= 0.3 is 5.69 Å². The van der Waals surface area contributed by atoms with Gasteiger partial charge in [-0.25, -0.2) is 18.7 Å². The van der Waals surface area contributed by atoms with Gasteiger partial charge in [0.2, 0.25) is 0 Å². The van der Waals surface area contributed by atoms with E-state index in [4.69, 9.17) is 0 Å². The molecule has 5 aromatic rings. The van der Waals surface area contributed by atoms with Crippen molar-refractivity contribution in [1.29, 1.82) is 0 Å². The number of halogens is 1. The van der Waals surface area contributed by atoms with Crippen molar-refractivity contribution in [3.8, 4) is 5.69 Å². The first-order chi connectivity index (χ1) is 22.0. The Hall–Kier alpha value is -5.69. The number of amides is 2. The van der Waals surface area contributed by atoms with E-state index < -0.39 is 23.0 Å². The number of aromatic nitrogens is 4. The first-order valence-electron chi connectivity index (χ1n) is 14.5. The molecule has 2 amide bonds. The third-order valence-corrected chi connectivity index (χ3v) is 7.13. The molecule has 0 aliphatic carbocycles. The molecule has 2 aromatic carbocycles. The molecule has 236 valence electrons. The summed E-state index contributed by atoms with van der Waals surface area (Å²) >= 11 is 0. The highest BCUT2D eigenvalue weighted by atomic mass is 19.1. The summed E-state index contributed by atoms with van der Waals surface area (Å²) < 4.78 is 15.7. The summed E-state index contributed by atoms with van der Waals surface area (Å²) in [6.07, 6.45) is 4.42. The predicted molar refractivity (Wildman–Crippen MR) is 175 cm³/mol. The second-order valence-electron chi connectivity index (χ2n) is 11.1. The topological polar surface area (TPSA) is 143 Å². The van der Waals surface area contributed by atoms with Crippen LogP contribution in [0.2, 0.25) is 0 Å². The van der Waals surface area contributed by atoms with Crippen LogP contribution in [0.25, 0.3) is 16.6 Å². The average molecular weight is 625 g/mol. The number of likely N-dealkylation sites (N-methyl/N-ethyl adjacent to an activating group) is 1. The molecule has 0 saturated heterocycles. The standard InChI is InChI=1S/C33H33FN8O4/c1-20(2)41-19-26(32(45)42(33(41)46)24-11-5-21(34)6-12-24)30(43)39-23-9-7-22(8-10-23)38-27-13-14-35-29-18-37-28(17-25(27)29)31(44)36-15-16-40(3)4/h5-14,17-20H,15-16H2,1-4H3,(H,35,38)(H,36,44)(H,39,43). The van der Waals surface area contributed by atoms with Crippen LogP contribution in [-0.2, 0) is 0 Å². The molecule has 12 nitrogen and oxygen atoms in total. The van der Waals surface area contributed by atoms with Gasteiger partial charge in [0.15, 0.2) is 0 Å². The van der Waals surface area contributed by atoms with E-state index in [2.05, 4.69) is 25.9 Å². The zero-order chi connectivity index (χ0) is 33.0. The highest BCUT2D eigenvalue weighted by Crippen LogP contribution is 2.26. The van der Waals surface area contributed by atoms with Crippen LogP contribution in [0.4, 0.5) is 21.5 Å². The molecule has 46 heavy (non-hydrogen) atoms. The van der Waals surface area contributed by atoms with Crippen molar-refractivity contribution in [2.75, 3.05) is 37.8 Å². The second kappa shape index (κ2) is 13.5. The Morgan fingerprint density at radius 3 is 2.30 bits per heavy atom. The zero-order valence-corrected chi connectivity index (χ0v) is 25.7. The molecule has 13 heteroatoms. The van der Waals surface area contributed by atoms with Crippen LogP contribution in [0.15, 0.2) is 88.8 Å². The maximum atomic E-state index is 13.5. The van der Waals surface area contributed by atoms with E-state index in [0.717, 1.165) is 16.7 Å². The fourth-order valence-electron chi connectivity index (χ4n) is 4.67. The molecule has 0 aliphatic rings. The number of nitrogens with one attached hydrogen (secondary N) is 3. The normalized spacial score (nSPS) is 11.2. The number of hydrogen-bond donors (Lipinski definition) is 3. The van der Waals surface area contributed by atoms with E-state index in [9.17, 15) is 23.6 Å². The fourth-order valence-corrected chi connectivity index (χ4v) is 4.67. The van der Waals surface area contributed by atoms with Gasteiger partial charge in [0.05, 0.1) is 17.4 Å². The number of carbonyl (C=O) groups excluding carboxylic acids is 2. The lowest BCUT2D eigenvalue weighted by atomic mass is 10.1. The van der Waals surface area contributed by atoms with E-state index in [0.29, 0.717) is 41.1 Å². The van der Waals surface area contributed by atoms with Gasteiger partial charge in [-0.1, -0.05) is 0 Å². The number of anilines is 3. The van der Waals surface area contributed by atoms with Gasteiger partial charge in [-0.2, -0.15) is 0 Å². The van der Waals surface area contributed by atoms with Gasteiger partial charge < -0.3 is 20.9 Å². The number of carbonyl (C=O) groups is 2. The summed E-state index contributed by atoms with van der Waals surface area (Å²) in [5.41, 5.74) is 1.09. The smallest absolute Gasteiger partial charge is 0.335 e. The molecule has 3 N–H and O–H groups in total. The van der Waals surface area contributed by atoms with Gasteiger partial charge in [-0.15, -0.1) is 0 Å². The quantitative estimate of drug-likeness (QED) is 0.212. The summed E-state index contributed by atoms with van der Waals surface area (Å²) in [7, 11) is 3.85. The number of benzene rings is 2. The maximum absolute atomic E-state index is 13.5. The van der Waals surface area contributed by atoms with E-state index >= 15 is 0 Å². The highest BCUT2D eigenvalue weighted by Gasteiger charge is 2.20. The molecule has 5 rings (SSSR count). The highest BCUT2D eigenvalue weighted by molar-refractivity contribution is 6.04. The van der Waals surface area contributed by atoms with Gasteiger partial charge in [-0.3, -0.25) is 23.9 Å². The third kappa shape index (κ3) is 7.00. The molecule has 3 heterocycles. The van der Waals surface area contributed by atoms with Crippen LogP contribution in [0, 0.1) is 5.82 Å². The van der Waals surface area contributed by atoms with Gasteiger partial charge in [0, 0.05) is 54.0 Å². The second-order valence-corrected chi connectivity index (χ2v) is 11.1. The third-order valence-electron chi connectivity index (χ3n) is 7.13. The van der Waals surface area contributed by atoms with Crippen LogP contribution < -0.4 is 27.2 Å². The van der Waals surface area contributed by atoms with Crippen LogP contribution in [0.3, 0.4) is 0 Å². The van der Waals surface area contributed by atoms with Crippen LogP contribution in [0.5, 0.6) is 0 Å². The van der Waals surface area contributed by atoms with Crippen molar-refractivity contribution in [2.45, 2.75) is 19.9 Å². The monoisotopic (exact) mass is 624 g/mol. The number of rotatable bonds is 10. The Kier molecular flexibility index (Phi) is 9.33. The Morgan fingerprint density at radius 1 is 0.935 bits per heavy atom. The molecule has 0 unspecified atom stereocenters. The Balaban J connectivity index is 1.36. The first-order valence-corrected chi connectivity index (χ1v) is 14.5. The van der Waals surface area contributed by atoms with Crippen molar-refractivity contribution < 1.29 is 14.0 Å². The predicted octanol–water partition coefficient (Wildman–Crippen LogP) is 3.95. The molecule has 0 fully saturated rings. The molecule has 0 bridgehead atoms. The van der Waals surface area contributed by atoms with E-state index in [1.807, 2.05) is 19.0 Å².